The van der Waals surface area contributed by atoms with Gasteiger partial charge in [0.15, 0.2) is 5.82 Å². The molecule has 2 aliphatic rings. The number of rotatable bonds is 4. The highest BCUT2D eigenvalue weighted by molar-refractivity contribution is 6.21. The summed E-state index contributed by atoms with van der Waals surface area (Å²) in [5.41, 5.74) is 1.36. The number of nitrogens with zero attached hydrogens (tertiary/aromatic N) is 4. The van der Waals surface area contributed by atoms with E-state index in [9.17, 15) is 18.8 Å². The lowest BCUT2D eigenvalue weighted by Gasteiger charge is -2.41. The molecule has 0 radical (unpaired) electrons. The van der Waals surface area contributed by atoms with Crippen LogP contribution in [0.15, 0.2) is 60.9 Å². The van der Waals surface area contributed by atoms with Crippen LogP contribution in [0.1, 0.15) is 50.8 Å². The highest BCUT2D eigenvalue weighted by Gasteiger charge is 2.41. The largest absolute Gasteiger partial charge is 0.334 e. The van der Waals surface area contributed by atoms with Gasteiger partial charge in [0.25, 0.3) is 17.7 Å². The molecule has 0 spiro atoms. The van der Waals surface area contributed by atoms with Crippen molar-refractivity contribution in [2.45, 2.75) is 25.8 Å². The second-order valence-electron chi connectivity index (χ2n) is 8.71. The fourth-order valence-corrected chi connectivity index (χ4v) is 4.85. The van der Waals surface area contributed by atoms with E-state index in [-0.39, 0.29) is 47.6 Å². The number of hydrogen-bond acceptors (Lipinski definition) is 5. The summed E-state index contributed by atoms with van der Waals surface area (Å²) in [7, 11) is 0. The van der Waals surface area contributed by atoms with Gasteiger partial charge in [-0.3, -0.25) is 19.3 Å². The first-order chi connectivity index (χ1) is 16.5. The standard InChI is InChI=1S/C26H23FN4O3/c1-16-6-4-13-30(22(16)15-31-25(33)18-7-2-3-8-19(18)26(31)34)24(32)20-10-9-17(27)14-21(20)23-28-11-5-12-29-23/h2-3,5,7-12,14,16,22H,4,6,13,15H2,1H3. The zero-order chi connectivity index (χ0) is 23.8. The van der Waals surface area contributed by atoms with Crippen molar-refractivity contribution in [2.24, 2.45) is 5.92 Å². The number of halogens is 1. The SMILES string of the molecule is CC1CCCN(C(=O)c2ccc(F)cc2-c2ncccn2)C1CN1C(=O)c2ccccc2C1=O. The Hall–Kier alpha value is -3.94. The molecule has 0 N–H and O–H groups in total. The van der Waals surface area contributed by atoms with Gasteiger partial charge >= 0.3 is 0 Å². The highest BCUT2D eigenvalue weighted by atomic mass is 19.1. The third-order valence-electron chi connectivity index (χ3n) is 6.64. The number of aromatic nitrogens is 2. The van der Waals surface area contributed by atoms with Crippen LogP contribution in [0, 0.1) is 11.7 Å². The van der Waals surface area contributed by atoms with E-state index in [4.69, 9.17) is 0 Å². The molecule has 2 aromatic carbocycles. The van der Waals surface area contributed by atoms with Crippen LogP contribution >= 0.6 is 0 Å². The summed E-state index contributed by atoms with van der Waals surface area (Å²) in [6, 6.07) is 12.0. The molecule has 2 unspecified atom stereocenters. The third kappa shape index (κ3) is 3.75. The van der Waals surface area contributed by atoms with E-state index in [2.05, 4.69) is 9.97 Å². The lowest BCUT2D eigenvalue weighted by Crippen LogP contribution is -2.54. The van der Waals surface area contributed by atoms with Gasteiger partial charge in [-0.15, -0.1) is 0 Å². The fourth-order valence-electron chi connectivity index (χ4n) is 4.85. The zero-order valence-corrected chi connectivity index (χ0v) is 18.6. The first-order valence-electron chi connectivity index (χ1n) is 11.3. The number of amides is 3. The Labute approximate surface area is 196 Å². The van der Waals surface area contributed by atoms with E-state index in [1.54, 1.807) is 35.2 Å². The first kappa shape index (κ1) is 21.9. The minimum Gasteiger partial charge on any atom is -0.334 e. The van der Waals surface area contributed by atoms with Crippen molar-refractivity contribution in [2.75, 3.05) is 13.1 Å². The van der Waals surface area contributed by atoms with E-state index >= 15 is 0 Å². The second-order valence-corrected chi connectivity index (χ2v) is 8.71. The molecule has 3 aromatic rings. The van der Waals surface area contributed by atoms with Crippen molar-refractivity contribution < 1.29 is 18.8 Å². The third-order valence-corrected chi connectivity index (χ3v) is 6.64. The van der Waals surface area contributed by atoms with Crippen molar-refractivity contribution in [3.63, 3.8) is 0 Å². The Balaban J connectivity index is 1.47. The summed E-state index contributed by atoms with van der Waals surface area (Å²) < 4.78 is 14.1. The van der Waals surface area contributed by atoms with Gasteiger partial charge in [-0.2, -0.15) is 0 Å². The average molecular weight is 458 g/mol. The summed E-state index contributed by atoms with van der Waals surface area (Å²) in [4.78, 5) is 51.0. The number of piperidine rings is 1. The molecule has 8 heteroatoms. The van der Waals surface area contributed by atoms with E-state index in [1.165, 1.54) is 35.5 Å². The molecular weight excluding hydrogens is 435 g/mol. The monoisotopic (exact) mass is 458 g/mol. The molecule has 7 nitrogen and oxygen atoms in total. The molecule has 1 saturated heterocycles. The van der Waals surface area contributed by atoms with E-state index in [0.29, 0.717) is 23.2 Å². The molecule has 1 fully saturated rings. The number of fused-ring (bicyclic) bond motifs is 1. The quantitative estimate of drug-likeness (QED) is 0.555. The molecule has 3 heterocycles. The number of likely N-dealkylation sites (tertiary alicyclic amines) is 1. The van der Waals surface area contributed by atoms with Crippen molar-refractivity contribution in [3.8, 4) is 11.4 Å². The Morgan fingerprint density at radius 2 is 1.68 bits per heavy atom. The van der Waals surface area contributed by atoms with Crippen LogP contribution in [0.25, 0.3) is 11.4 Å². The molecule has 3 amide bonds. The molecule has 0 bridgehead atoms. The summed E-state index contributed by atoms with van der Waals surface area (Å²) in [6.07, 6.45) is 4.74. The Morgan fingerprint density at radius 1 is 1.00 bits per heavy atom. The van der Waals surface area contributed by atoms with Gasteiger partial charge in [0.05, 0.1) is 29.3 Å². The van der Waals surface area contributed by atoms with Crippen LogP contribution in [0.2, 0.25) is 0 Å². The van der Waals surface area contributed by atoms with Gasteiger partial charge in [0.2, 0.25) is 0 Å². The van der Waals surface area contributed by atoms with Gasteiger partial charge in [-0.05, 0) is 55.2 Å². The topological polar surface area (TPSA) is 83.5 Å². The number of carbonyl (C=O) groups excluding carboxylic acids is 3. The first-order valence-corrected chi connectivity index (χ1v) is 11.3. The molecular formula is C26H23FN4O3. The molecule has 1 aromatic heterocycles. The smallest absolute Gasteiger partial charge is 0.261 e. The average Bonchev–Trinajstić information content (AvgIpc) is 3.10. The molecule has 0 aliphatic carbocycles. The van der Waals surface area contributed by atoms with Crippen molar-refractivity contribution in [1.82, 2.24) is 19.8 Å². The minimum absolute atomic E-state index is 0.0684. The summed E-state index contributed by atoms with van der Waals surface area (Å²) >= 11 is 0. The van der Waals surface area contributed by atoms with Crippen LogP contribution in [0.5, 0.6) is 0 Å². The maximum atomic E-state index is 14.1. The predicted molar refractivity (Wildman–Crippen MR) is 122 cm³/mol. The molecule has 2 aliphatic heterocycles. The van der Waals surface area contributed by atoms with Crippen LogP contribution in [-0.4, -0.2) is 56.6 Å². The van der Waals surface area contributed by atoms with Gasteiger partial charge < -0.3 is 4.90 Å². The molecule has 172 valence electrons. The number of imide groups is 1. The van der Waals surface area contributed by atoms with E-state index < -0.39 is 5.82 Å². The molecule has 34 heavy (non-hydrogen) atoms. The Kier molecular flexibility index (Phi) is 5.65. The van der Waals surface area contributed by atoms with Gasteiger partial charge in [-0.25, -0.2) is 14.4 Å². The van der Waals surface area contributed by atoms with Crippen molar-refractivity contribution in [1.29, 1.82) is 0 Å². The van der Waals surface area contributed by atoms with Crippen LogP contribution in [0.4, 0.5) is 4.39 Å². The summed E-state index contributed by atoms with van der Waals surface area (Å²) in [5, 5.41) is 0. The molecule has 0 saturated carbocycles. The minimum atomic E-state index is -0.492. The maximum Gasteiger partial charge on any atom is 0.261 e. The lowest BCUT2D eigenvalue weighted by atomic mass is 9.89. The normalized spacial score (nSPS) is 19.9. The Morgan fingerprint density at radius 3 is 2.35 bits per heavy atom. The number of hydrogen-bond donors (Lipinski definition) is 0. The predicted octanol–water partition coefficient (Wildman–Crippen LogP) is 3.82. The lowest BCUT2D eigenvalue weighted by molar-refractivity contribution is 0.0369. The number of carbonyl (C=O) groups is 3. The van der Waals surface area contributed by atoms with Crippen molar-refractivity contribution in [3.05, 3.63) is 83.4 Å². The van der Waals surface area contributed by atoms with Crippen molar-refractivity contribution >= 4 is 17.7 Å². The molecule has 5 rings (SSSR count). The maximum absolute atomic E-state index is 14.1. The van der Waals surface area contributed by atoms with E-state index in [1.807, 2.05) is 6.92 Å². The van der Waals surface area contributed by atoms with Gasteiger partial charge in [0, 0.05) is 24.5 Å². The Bertz CT molecular complexity index is 1250. The van der Waals surface area contributed by atoms with Crippen LogP contribution < -0.4 is 0 Å². The zero-order valence-electron chi connectivity index (χ0n) is 18.6. The summed E-state index contributed by atoms with van der Waals surface area (Å²) in [5.74, 6) is -1.15. The fraction of sp³-hybridized carbons (Fsp3) is 0.269. The van der Waals surface area contributed by atoms with E-state index in [0.717, 1.165) is 12.8 Å². The van der Waals surface area contributed by atoms with Crippen LogP contribution in [0.3, 0.4) is 0 Å². The van der Waals surface area contributed by atoms with Gasteiger partial charge in [-0.1, -0.05) is 19.1 Å². The number of benzene rings is 2. The summed E-state index contributed by atoms with van der Waals surface area (Å²) in [6.45, 7) is 2.61. The van der Waals surface area contributed by atoms with Crippen LogP contribution in [-0.2, 0) is 0 Å². The van der Waals surface area contributed by atoms with Gasteiger partial charge in [0.1, 0.15) is 5.82 Å². The molecule has 2 atom stereocenters. The highest BCUT2D eigenvalue weighted by Crippen LogP contribution is 2.31. The second kappa shape index (κ2) is 8.78.